The summed E-state index contributed by atoms with van der Waals surface area (Å²) in [7, 11) is -2.34. The Morgan fingerprint density at radius 2 is 1.77 bits per heavy atom. The summed E-state index contributed by atoms with van der Waals surface area (Å²) in [5.41, 5.74) is 1.37. The Labute approximate surface area is 185 Å². The van der Waals surface area contributed by atoms with Crippen LogP contribution in [0.2, 0.25) is 5.02 Å². The topological polar surface area (TPSA) is 84.9 Å². The number of hydrogen-bond donors (Lipinski definition) is 1. The van der Waals surface area contributed by atoms with E-state index in [1.165, 1.54) is 29.6 Å². The molecule has 0 aromatic heterocycles. The van der Waals surface area contributed by atoms with Crippen molar-refractivity contribution < 1.29 is 22.7 Å². The quantitative estimate of drug-likeness (QED) is 0.600. The van der Waals surface area contributed by atoms with Crippen LogP contribution in [-0.4, -0.2) is 32.5 Å². The Bertz CT molecular complexity index is 1230. The summed E-state index contributed by atoms with van der Waals surface area (Å²) in [6, 6.07) is 18.3. The molecular formula is C22H19ClN2O5S. The fourth-order valence-corrected chi connectivity index (χ4v) is 4.51. The molecule has 1 aliphatic heterocycles. The van der Waals surface area contributed by atoms with Crippen LogP contribution >= 0.6 is 11.6 Å². The minimum Gasteiger partial charge on any atom is -0.454 e. The van der Waals surface area contributed by atoms with E-state index in [1.807, 2.05) is 30.3 Å². The van der Waals surface area contributed by atoms with E-state index in [0.717, 1.165) is 5.56 Å². The summed E-state index contributed by atoms with van der Waals surface area (Å²) in [5.74, 6) is 0.569. The van der Waals surface area contributed by atoms with Gasteiger partial charge in [0.05, 0.1) is 15.5 Å². The van der Waals surface area contributed by atoms with Crippen molar-refractivity contribution in [1.29, 1.82) is 0 Å². The molecule has 0 aliphatic carbocycles. The first-order valence-electron chi connectivity index (χ1n) is 9.35. The molecule has 0 radical (unpaired) electrons. The Morgan fingerprint density at radius 1 is 1.03 bits per heavy atom. The maximum atomic E-state index is 13.0. The lowest BCUT2D eigenvalue weighted by Gasteiger charge is -2.18. The normalized spacial score (nSPS) is 12.7. The zero-order chi connectivity index (χ0) is 22.0. The van der Waals surface area contributed by atoms with Crippen molar-refractivity contribution in [3.8, 4) is 11.5 Å². The molecule has 1 amide bonds. The van der Waals surface area contributed by atoms with Crippen LogP contribution in [0.4, 0.5) is 5.69 Å². The summed E-state index contributed by atoms with van der Waals surface area (Å²) in [4.78, 5) is 12.8. The highest BCUT2D eigenvalue weighted by atomic mass is 35.5. The van der Waals surface area contributed by atoms with Crippen LogP contribution in [0, 0.1) is 0 Å². The van der Waals surface area contributed by atoms with Crippen molar-refractivity contribution in [3.05, 3.63) is 82.9 Å². The van der Waals surface area contributed by atoms with E-state index in [-0.39, 0.29) is 28.8 Å². The van der Waals surface area contributed by atoms with Gasteiger partial charge in [-0.2, -0.15) is 4.31 Å². The number of nitrogens with one attached hydrogen (secondary N) is 1. The van der Waals surface area contributed by atoms with Crippen LogP contribution in [0.15, 0.2) is 71.6 Å². The molecule has 1 N–H and O–H groups in total. The predicted molar refractivity (Wildman–Crippen MR) is 117 cm³/mol. The van der Waals surface area contributed by atoms with E-state index in [4.69, 9.17) is 21.1 Å². The van der Waals surface area contributed by atoms with Gasteiger partial charge in [-0.3, -0.25) is 4.79 Å². The number of hydrogen-bond acceptors (Lipinski definition) is 5. The van der Waals surface area contributed by atoms with Crippen molar-refractivity contribution in [2.45, 2.75) is 11.4 Å². The molecule has 160 valence electrons. The Hall–Kier alpha value is -3.07. The highest BCUT2D eigenvalue weighted by Crippen LogP contribution is 2.34. The Morgan fingerprint density at radius 3 is 2.55 bits per heavy atom. The third kappa shape index (κ3) is 4.51. The van der Waals surface area contributed by atoms with Crippen LogP contribution in [0.25, 0.3) is 0 Å². The molecule has 0 bridgehead atoms. The van der Waals surface area contributed by atoms with Gasteiger partial charge in [-0.05, 0) is 35.9 Å². The van der Waals surface area contributed by atoms with E-state index < -0.39 is 15.9 Å². The minimum absolute atomic E-state index is 0.0221. The van der Waals surface area contributed by atoms with Crippen LogP contribution in [0.5, 0.6) is 11.5 Å². The molecule has 3 aromatic carbocycles. The summed E-state index contributed by atoms with van der Waals surface area (Å²) in [5, 5.41) is 2.85. The van der Waals surface area contributed by atoms with Crippen molar-refractivity contribution >= 4 is 33.2 Å². The number of carbonyl (C=O) groups excluding carboxylic acids is 1. The lowest BCUT2D eigenvalue weighted by molar-refractivity contribution is 0.102. The third-order valence-electron chi connectivity index (χ3n) is 4.77. The van der Waals surface area contributed by atoms with Crippen LogP contribution in [0.3, 0.4) is 0 Å². The summed E-state index contributed by atoms with van der Waals surface area (Å²) < 4.78 is 37.8. The number of sulfonamides is 1. The van der Waals surface area contributed by atoms with Crippen LogP contribution in [-0.2, 0) is 16.6 Å². The van der Waals surface area contributed by atoms with Gasteiger partial charge in [-0.15, -0.1) is 0 Å². The first-order valence-corrected chi connectivity index (χ1v) is 11.2. The number of benzene rings is 3. The third-order valence-corrected chi connectivity index (χ3v) is 6.90. The highest BCUT2D eigenvalue weighted by Gasteiger charge is 2.24. The molecule has 1 aliphatic rings. The first-order chi connectivity index (χ1) is 14.8. The highest BCUT2D eigenvalue weighted by molar-refractivity contribution is 7.89. The standard InChI is InChI=1S/C22H19ClN2O5S/c1-25(13-15-5-3-2-4-6-15)31(27,28)17-8-9-19(23)18(12-17)22(26)24-16-7-10-20-21(11-16)30-14-29-20/h2-12H,13-14H2,1H3,(H,24,26). The predicted octanol–water partition coefficient (Wildman–Crippen LogP) is 4.14. The van der Waals surface area contributed by atoms with Gasteiger partial charge >= 0.3 is 0 Å². The number of fused-ring (bicyclic) bond motifs is 1. The number of rotatable bonds is 6. The van der Waals surface area contributed by atoms with Crippen LogP contribution in [0.1, 0.15) is 15.9 Å². The van der Waals surface area contributed by atoms with Crippen molar-refractivity contribution in [3.63, 3.8) is 0 Å². The number of anilines is 1. The molecule has 9 heteroatoms. The van der Waals surface area contributed by atoms with Gasteiger partial charge in [0, 0.05) is 25.3 Å². The summed E-state index contributed by atoms with van der Waals surface area (Å²) in [6.07, 6.45) is 0. The molecule has 31 heavy (non-hydrogen) atoms. The molecule has 0 saturated carbocycles. The molecular weight excluding hydrogens is 440 g/mol. The fraction of sp³-hybridized carbons (Fsp3) is 0.136. The van der Waals surface area contributed by atoms with E-state index in [9.17, 15) is 13.2 Å². The van der Waals surface area contributed by atoms with Gasteiger partial charge in [-0.25, -0.2) is 8.42 Å². The van der Waals surface area contributed by atoms with Gasteiger partial charge in [0.15, 0.2) is 11.5 Å². The molecule has 0 saturated heterocycles. The van der Waals surface area contributed by atoms with E-state index in [1.54, 1.807) is 18.2 Å². The molecule has 0 fully saturated rings. The molecule has 7 nitrogen and oxygen atoms in total. The van der Waals surface area contributed by atoms with E-state index >= 15 is 0 Å². The Kier molecular flexibility index (Phi) is 5.86. The largest absolute Gasteiger partial charge is 0.454 e. The maximum Gasteiger partial charge on any atom is 0.257 e. The second-order valence-corrected chi connectivity index (χ2v) is 9.36. The lowest BCUT2D eigenvalue weighted by atomic mass is 10.2. The minimum atomic E-state index is -3.83. The fourth-order valence-electron chi connectivity index (χ4n) is 3.12. The molecule has 0 spiro atoms. The number of nitrogens with zero attached hydrogens (tertiary/aromatic N) is 1. The average molecular weight is 459 g/mol. The average Bonchev–Trinajstić information content (AvgIpc) is 3.22. The zero-order valence-corrected chi connectivity index (χ0v) is 18.1. The van der Waals surface area contributed by atoms with Gasteiger partial charge in [0.1, 0.15) is 0 Å². The number of ether oxygens (including phenoxy) is 2. The van der Waals surface area contributed by atoms with Crippen molar-refractivity contribution in [2.24, 2.45) is 0 Å². The lowest BCUT2D eigenvalue weighted by Crippen LogP contribution is -2.27. The van der Waals surface area contributed by atoms with Gasteiger partial charge in [0.2, 0.25) is 16.8 Å². The molecule has 3 aromatic rings. The van der Waals surface area contributed by atoms with E-state index in [2.05, 4.69) is 5.32 Å². The smallest absolute Gasteiger partial charge is 0.257 e. The monoisotopic (exact) mass is 458 g/mol. The second kappa shape index (κ2) is 8.58. The van der Waals surface area contributed by atoms with Gasteiger partial charge < -0.3 is 14.8 Å². The summed E-state index contributed by atoms with van der Waals surface area (Å²) >= 11 is 6.20. The molecule has 4 rings (SSSR count). The zero-order valence-electron chi connectivity index (χ0n) is 16.5. The van der Waals surface area contributed by atoms with Crippen molar-refractivity contribution in [1.82, 2.24) is 4.31 Å². The summed E-state index contributed by atoms with van der Waals surface area (Å²) in [6.45, 7) is 0.319. The second-order valence-electron chi connectivity index (χ2n) is 6.91. The molecule has 1 heterocycles. The van der Waals surface area contributed by atoms with Crippen molar-refractivity contribution in [2.75, 3.05) is 19.2 Å². The number of halogens is 1. The van der Waals surface area contributed by atoms with E-state index in [0.29, 0.717) is 17.2 Å². The van der Waals surface area contributed by atoms with Gasteiger partial charge in [0.25, 0.3) is 5.91 Å². The number of carbonyl (C=O) groups is 1. The Balaban J connectivity index is 1.56. The first kappa shape index (κ1) is 21.2. The van der Waals surface area contributed by atoms with Crippen LogP contribution < -0.4 is 14.8 Å². The SMILES string of the molecule is CN(Cc1ccccc1)S(=O)(=O)c1ccc(Cl)c(C(=O)Nc2ccc3c(c2)OCO3)c1. The maximum absolute atomic E-state index is 13.0. The molecule has 0 atom stereocenters. The molecule has 0 unspecified atom stereocenters. The van der Waals surface area contributed by atoms with Gasteiger partial charge in [-0.1, -0.05) is 41.9 Å². The number of amides is 1.